The molecule has 0 spiro atoms. The van der Waals surface area contributed by atoms with Gasteiger partial charge in [-0.25, -0.2) is 4.39 Å². The Morgan fingerprint density at radius 3 is 2.37 bits per heavy atom. The van der Waals surface area contributed by atoms with Gasteiger partial charge in [-0.3, -0.25) is 14.5 Å². The molecule has 160 valence electrons. The molecule has 0 unspecified atom stereocenters. The van der Waals surface area contributed by atoms with Crippen molar-refractivity contribution in [3.8, 4) is 5.75 Å². The maximum absolute atomic E-state index is 13.9. The molecule has 1 aliphatic heterocycles. The zero-order valence-electron chi connectivity index (χ0n) is 17.1. The van der Waals surface area contributed by atoms with E-state index in [1.807, 2.05) is 17.9 Å². The van der Waals surface area contributed by atoms with Gasteiger partial charge in [0.1, 0.15) is 11.6 Å². The summed E-state index contributed by atoms with van der Waals surface area (Å²) >= 11 is 0. The van der Waals surface area contributed by atoms with Gasteiger partial charge >= 0.3 is 11.8 Å². The van der Waals surface area contributed by atoms with Gasteiger partial charge < -0.3 is 20.3 Å². The molecule has 2 aromatic carbocycles. The van der Waals surface area contributed by atoms with Crippen molar-refractivity contribution < 1.29 is 18.7 Å². The van der Waals surface area contributed by atoms with Gasteiger partial charge in [0.05, 0.1) is 12.3 Å². The van der Waals surface area contributed by atoms with Crippen LogP contribution in [0.25, 0.3) is 0 Å². The summed E-state index contributed by atoms with van der Waals surface area (Å²) in [4.78, 5) is 28.2. The van der Waals surface area contributed by atoms with Gasteiger partial charge in [0, 0.05) is 45.0 Å². The highest BCUT2D eigenvalue weighted by molar-refractivity contribution is 6.39. The molecule has 0 saturated carbocycles. The number of ether oxygens (including phenoxy) is 1. The molecule has 30 heavy (non-hydrogen) atoms. The second-order valence-corrected chi connectivity index (χ2v) is 6.95. The Balaban J connectivity index is 1.36. The third-order valence-corrected chi connectivity index (χ3v) is 4.91. The summed E-state index contributed by atoms with van der Waals surface area (Å²) in [6.45, 7) is 6.42. The van der Waals surface area contributed by atoms with Gasteiger partial charge in [-0.05, 0) is 43.3 Å². The van der Waals surface area contributed by atoms with Crippen LogP contribution in [0.4, 0.5) is 15.8 Å². The van der Waals surface area contributed by atoms with Crippen molar-refractivity contribution in [3.05, 3.63) is 54.3 Å². The van der Waals surface area contributed by atoms with Crippen molar-refractivity contribution in [2.24, 2.45) is 0 Å². The minimum atomic E-state index is -0.705. The average Bonchev–Trinajstić information content (AvgIpc) is 2.76. The lowest BCUT2D eigenvalue weighted by Gasteiger charge is -2.36. The molecule has 1 fully saturated rings. The molecular formula is C22H27FN4O3. The third kappa shape index (κ3) is 5.93. The number of benzene rings is 2. The molecule has 2 aromatic rings. The first-order valence-corrected chi connectivity index (χ1v) is 10.1. The zero-order chi connectivity index (χ0) is 21.3. The minimum Gasteiger partial charge on any atom is -0.494 e. The molecule has 0 bridgehead atoms. The number of hydrogen-bond acceptors (Lipinski definition) is 5. The summed E-state index contributed by atoms with van der Waals surface area (Å²) < 4.78 is 19.2. The molecule has 0 aliphatic carbocycles. The molecule has 3 rings (SSSR count). The lowest BCUT2D eigenvalue weighted by molar-refractivity contribution is -0.136. The summed E-state index contributed by atoms with van der Waals surface area (Å²) in [7, 11) is 0. The van der Waals surface area contributed by atoms with Gasteiger partial charge in [0.25, 0.3) is 0 Å². The van der Waals surface area contributed by atoms with Gasteiger partial charge in [-0.2, -0.15) is 0 Å². The fourth-order valence-electron chi connectivity index (χ4n) is 3.32. The number of nitrogens with one attached hydrogen (secondary N) is 2. The normalized spacial score (nSPS) is 14.3. The highest BCUT2D eigenvalue weighted by Crippen LogP contribution is 2.20. The Kier molecular flexibility index (Phi) is 7.62. The predicted molar refractivity (Wildman–Crippen MR) is 114 cm³/mol. The summed E-state index contributed by atoms with van der Waals surface area (Å²) in [6, 6.07) is 13.6. The van der Waals surface area contributed by atoms with Crippen molar-refractivity contribution in [2.75, 3.05) is 56.1 Å². The standard InChI is InChI=1S/C22H27FN4O3/c1-2-30-18-9-7-17(8-10-18)25-22(29)21(28)24-11-12-26-13-15-27(16-14-26)20-6-4-3-5-19(20)23/h3-10H,2,11-16H2,1H3,(H,24,28)(H,25,29). The number of anilines is 2. The molecule has 0 atom stereocenters. The molecule has 1 saturated heterocycles. The Bertz CT molecular complexity index is 852. The number of hydrogen-bond donors (Lipinski definition) is 2. The fourth-order valence-corrected chi connectivity index (χ4v) is 3.32. The maximum atomic E-state index is 13.9. The van der Waals surface area contributed by atoms with E-state index in [0.29, 0.717) is 49.9 Å². The van der Waals surface area contributed by atoms with E-state index >= 15 is 0 Å². The van der Waals surface area contributed by atoms with Crippen molar-refractivity contribution in [1.29, 1.82) is 0 Å². The summed E-state index contributed by atoms with van der Waals surface area (Å²) in [5, 5.41) is 5.21. The van der Waals surface area contributed by atoms with E-state index in [1.54, 1.807) is 36.4 Å². The molecule has 0 radical (unpaired) electrons. The molecule has 1 heterocycles. The van der Waals surface area contributed by atoms with Crippen LogP contribution in [0.3, 0.4) is 0 Å². The first kappa shape index (κ1) is 21.6. The molecule has 2 amide bonds. The first-order valence-electron chi connectivity index (χ1n) is 10.1. The smallest absolute Gasteiger partial charge is 0.313 e. The van der Waals surface area contributed by atoms with Crippen LogP contribution in [0.15, 0.2) is 48.5 Å². The van der Waals surface area contributed by atoms with E-state index in [-0.39, 0.29) is 5.82 Å². The van der Waals surface area contributed by atoms with Gasteiger partial charge in [0.15, 0.2) is 0 Å². The predicted octanol–water partition coefficient (Wildman–Crippen LogP) is 2.10. The average molecular weight is 414 g/mol. The summed E-state index contributed by atoms with van der Waals surface area (Å²) in [5.74, 6) is -0.885. The van der Waals surface area contributed by atoms with E-state index in [2.05, 4.69) is 15.5 Å². The third-order valence-electron chi connectivity index (χ3n) is 4.91. The van der Waals surface area contributed by atoms with Crippen LogP contribution in [-0.2, 0) is 9.59 Å². The van der Waals surface area contributed by atoms with Gasteiger partial charge in [-0.1, -0.05) is 12.1 Å². The monoisotopic (exact) mass is 414 g/mol. The number of nitrogens with zero attached hydrogens (tertiary/aromatic N) is 2. The van der Waals surface area contributed by atoms with Crippen molar-refractivity contribution in [1.82, 2.24) is 10.2 Å². The Morgan fingerprint density at radius 1 is 1.00 bits per heavy atom. The molecule has 8 heteroatoms. The highest BCUT2D eigenvalue weighted by atomic mass is 19.1. The topological polar surface area (TPSA) is 73.9 Å². The van der Waals surface area contributed by atoms with Crippen molar-refractivity contribution in [2.45, 2.75) is 6.92 Å². The fraction of sp³-hybridized carbons (Fsp3) is 0.364. The van der Waals surface area contributed by atoms with Crippen molar-refractivity contribution >= 4 is 23.2 Å². The van der Waals surface area contributed by atoms with Crippen LogP contribution in [0.1, 0.15) is 6.92 Å². The van der Waals surface area contributed by atoms with E-state index in [9.17, 15) is 14.0 Å². The summed E-state index contributed by atoms with van der Waals surface area (Å²) in [6.07, 6.45) is 0. The number of piperazine rings is 1. The zero-order valence-corrected chi connectivity index (χ0v) is 17.1. The number of carbonyl (C=O) groups is 2. The van der Waals surface area contributed by atoms with Crippen LogP contribution in [-0.4, -0.2) is 62.6 Å². The molecule has 2 N–H and O–H groups in total. The number of halogens is 1. The molecule has 1 aliphatic rings. The Morgan fingerprint density at radius 2 is 1.70 bits per heavy atom. The number of rotatable bonds is 7. The molecular weight excluding hydrogens is 387 g/mol. The van der Waals surface area contributed by atoms with Crippen molar-refractivity contribution in [3.63, 3.8) is 0 Å². The lowest BCUT2D eigenvalue weighted by Crippen LogP contribution is -2.49. The number of amides is 2. The number of para-hydroxylation sites is 1. The first-order chi connectivity index (χ1) is 14.6. The maximum Gasteiger partial charge on any atom is 0.313 e. The van der Waals surface area contributed by atoms with E-state index in [0.717, 1.165) is 13.1 Å². The second kappa shape index (κ2) is 10.6. The Labute approximate surface area is 175 Å². The lowest BCUT2D eigenvalue weighted by atomic mass is 10.2. The largest absolute Gasteiger partial charge is 0.494 e. The van der Waals surface area contributed by atoms with E-state index in [1.165, 1.54) is 6.07 Å². The van der Waals surface area contributed by atoms with Crippen LogP contribution in [0.2, 0.25) is 0 Å². The van der Waals surface area contributed by atoms with Gasteiger partial charge in [-0.15, -0.1) is 0 Å². The van der Waals surface area contributed by atoms with Crippen LogP contribution < -0.4 is 20.3 Å². The SMILES string of the molecule is CCOc1ccc(NC(=O)C(=O)NCCN2CCN(c3ccccc3F)CC2)cc1. The van der Waals surface area contributed by atoms with Crippen LogP contribution >= 0.6 is 0 Å². The minimum absolute atomic E-state index is 0.211. The Hall–Kier alpha value is -3.13. The van der Waals surface area contributed by atoms with Gasteiger partial charge in [0.2, 0.25) is 0 Å². The quantitative estimate of drug-likeness (QED) is 0.679. The van der Waals surface area contributed by atoms with Crippen LogP contribution in [0.5, 0.6) is 5.75 Å². The van der Waals surface area contributed by atoms with E-state index < -0.39 is 11.8 Å². The van der Waals surface area contributed by atoms with E-state index in [4.69, 9.17) is 4.74 Å². The highest BCUT2D eigenvalue weighted by Gasteiger charge is 2.19. The number of carbonyl (C=O) groups excluding carboxylic acids is 2. The van der Waals surface area contributed by atoms with Crippen LogP contribution in [0, 0.1) is 5.82 Å². The second-order valence-electron chi connectivity index (χ2n) is 6.95. The molecule has 7 nitrogen and oxygen atoms in total. The molecule has 0 aromatic heterocycles. The summed E-state index contributed by atoms with van der Waals surface area (Å²) in [5.41, 5.74) is 1.15.